The fourth-order valence-electron chi connectivity index (χ4n) is 3.15. The number of imidazole rings is 1. The van der Waals surface area contributed by atoms with Crippen molar-refractivity contribution in [2.24, 2.45) is 18.2 Å². The van der Waals surface area contributed by atoms with Gasteiger partial charge >= 0.3 is 6.18 Å². The summed E-state index contributed by atoms with van der Waals surface area (Å²) in [4.78, 5) is 28.4. The first kappa shape index (κ1) is 26.1. The Morgan fingerprint density at radius 3 is 2.46 bits per heavy atom. The van der Waals surface area contributed by atoms with Crippen molar-refractivity contribution in [2.75, 3.05) is 11.9 Å². The Bertz CT molecular complexity index is 1280. The van der Waals surface area contributed by atoms with Crippen LogP contribution in [0, 0.1) is 5.41 Å². The van der Waals surface area contributed by atoms with E-state index in [0.29, 0.717) is 27.7 Å². The standard InChI is InChI=1S/C23H25ClF3N5O3/c1-22(2,3)20(34)29-10-12-5-6-14(24)15(7-12)30-21-31-16-8-13(19(28)33)18(9-17(16)32(21)4)35-11-23(25,26)27/h5-9H,10-11H2,1-4H3,(H2,28,33)(H,29,34)(H,30,31). The van der Waals surface area contributed by atoms with Gasteiger partial charge in [-0.3, -0.25) is 9.59 Å². The number of anilines is 2. The Hall–Kier alpha value is -3.47. The number of carbonyl (C=O) groups is 2. The summed E-state index contributed by atoms with van der Waals surface area (Å²) in [6, 6.07) is 7.74. The fourth-order valence-corrected chi connectivity index (χ4v) is 3.31. The molecule has 4 N–H and O–H groups in total. The number of rotatable bonds is 7. The van der Waals surface area contributed by atoms with Gasteiger partial charge < -0.3 is 25.7 Å². The Labute approximate surface area is 204 Å². The first-order valence-corrected chi connectivity index (χ1v) is 10.9. The van der Waals surface area contributed by atoms with Crippen LogP contribution in [0.4, 0.5) is 24.8 Å². The van der Waals surface area contributed by atoms with Crippen molar-refractivity contribution in [3.8, 4) is 5.75 Å². The number of benzene rings is 2. The molecule has 0 atom stereocenters. The molecule has 0 saturated carbocycles. The molecule has 0 spiro atoms. The molecule has 8 nitrogen and oxygen atoms in total. The first-order chi connectivity index (χ1) is 16.2. The average molecular weight is 512 g/mol. The number of alkyl halides is 3. The highest BCUT2D eigenvalue weighted by Gasteiger charge is 2.29. The Morgan fingerprint density at radius 1 is 1.17 bits per heavy atom. The smallest absolute Gasteiger partial charge is 0.422 e. The Morgan fingerprint density at radius 2 is 1.86 bits per heavy atom. The Kier molecular flexibility index (Phi) is 7.21. The number of aryl methyl sites for hydroxylation is 1. The zero-order chi connectivity index (χ0) is 26.1. The number of halogens is 4. The number of hydrogen-bond acceptors (Lipinski definition) is 5. The second kappa shape index (κ2) is 9.65. The fraction of sp³-hybridized carbons (Fsp3) is 0.348. The summed E-state index contributed by atoms with van der Waals surface area (Å²) in [6.45, 7) is 4.15. The van der Waals surface area contributed by atoms with E-state index in [1.807, 2.05) is 20.8 Å². The van der Waals surface area contributed by atoms with Gasteiger partial charge in [0.25, 0.3) is 5.91 Å². The maximum Gasteiger partial charge on any atom is 0.422 e. The molecule has 188 valence electrons. The topological polar surface area (TPSA) is 111 Å². The molecule has 12 heteroatoms. The molecule has 0 saturated heterocycles. The van der Waals surface area contributed by atoms with Gasteiger partial charge in [-0.25, -0.2) is 4.98 Å². The summed E-state index contributed by atoms with van der Waals surface area (Å²) in [6.07, 6.45) is -4.59. The summed E-state index contributed by atoms with van der Waals surface area (Å²) >= 11 is 6.33. The lowest BCUT2D eigenvalue weighted by Gasteiger charge is -2.18. The van der Waals surface area contributed by atoms with Crippen LogP contribution in [0.3, 0.4) is 0 Å². The van der Waals surface area contributed by atoms with Crippen LogP contribution in [0.25, 0.3) is 11.0 Å². The molecular weight excluding hydrogens is 487 g/mol. The predicted octanol–water partition coefficient (Wildman–Crippen LogP) is 4.67. The zero-order valence-corrected chi connectivity index (χ0v) is 20.3. The van der Waals surface area contributed by atoms with E-state index >= 15 is 0 Å². The molecule has 0 bridgehead atoms. The second-order valence-electron chi connectivity index (χ2n) is 8.97. The molecule has 0 unspecified atom stereocenters. The van der Waals surface area contributed by atoms with Crippen molar-refractivity contribution < 1.29 is 27.5 Å². The summed E-state index contributed by atoms with van der Waals surface area (Å²) in [5, 5.41) is 6.33. The third-order valence-corrected chi connectivity index (χ3v) is 5.38. The number of amides is 2. The van der Waals surface area contributed by atoms with Gasteiger partial charge in [-0.15, -0.1) is 0 Å². The molecule has 0 aliphatic heterocycles. The van der Waals surface area contributed by atoms with Gasteiger partial charge in [-0.05, 0) is 23.8 Å². The highest BCUT2D eigenvalue weighted by atomic mass is 35.5. The summed E-state index contributed by atoms with van der Waals surface area (Å²) in [5.41, 5.74) is 6.57. The van der Waals surface area contributed by atoms with Crippen LogP contribution in [-0.4, -0.2) is 34.1 Å². The van der Waals surface area contributed by atoms with E-state index < -0.39 is 24.1 Å². The van der Waals surface area contributed by atoms with Crippen LogP contribution in [0.2, 0.25) is 5.02 Å². The summed E-state index contributed by atoms with van der Waals surface area (Å²) < 4.78 is 44.3. The van der Waals surface area contributed by atoms with Crippen LogP contribution < -0.4 is 21.1 Å². The van der Waals surface area contributed by atoms with Gasteiger partial charge in [0.05, 0.1) is 27.3 Å². The highest BCUT2D eigenvalue weighted by Crippen LogP contribution is 2.32. The minimum absolute atomic E-state index is 0.105. The summed E-state index contributed by atoms with van der Waals surface area (Å²) in [7, 11) is 1.64. The van der Waals surface area contributed by atoms with Crippen LogP contribution in [0.1, 0.15) is 36.7 Å². The maximum atomic E-state index is 12.6. The van der Waals surface area contributed by atoms with E-state index in [4.69, 9.17) is 22.1 Å². The molecule has 0 aliphatic carbocycles. The van der Waals surface area contributed by atoms with Crippen molar-refractivity contribution in [3.05, 3.63) is 46.5 Å². The van der Waals surface area contributed by atoms with Crippen LogP contribution in [-0.2, 0) is 18.4 Å². The molecule has 0 fully saturated rings. The number of carbonyl (C=O) groups excluding carboxylic acids is 2. The molecule has 1 aromatic heterocycles. The van der Waals surface area contributed by atoms with E-state index in [9.17, 15) is 22.8 Å². The van der Waals surface area contributed by atoms with Gasteiger partial charge in [0.2, 0.25) is 11.9 Å². The molecule has 1 heterocycles. The van der Waals surface area contributed by atoms with Crippen LogP contribution in [0.15, 0.2) is 30.3 Å². The SMILES string of the molecule is Cn1c(Nc2cc(CNC(=O)C(C)(C)C)ccc2Cl)nc2cc(C(N)=O)c(OCC(F)(F)F)cc21. The van der Waals surface area contributed by atoms with E-state index in [-0.39, 0.29) is 23.8 Å². The molecule has 3 aromatic rings. The number of fused-ring (bicyclic) bond motifs is 1. The Balaban J connectivity index is 1.91. The van der Waals surface area contributed by atoms with E-state index in [1.54, 1.807) is 29.8 Å². The van der Waals surface area contributed by atoms with Gasteiger partial charge in [-0.1, -0.05) is 38.4 Å². The molecule has 3 rings (SSSR count). The second-order valence-corrected chi connectivity index (χ2v) is 9.38. The van der Waals surface area contributed by atoms with Crippen molar-refractivity contribution in [1.29, 1.82) is 0 Å². The molecule has 2 amide bonds. The van der Waals surface area contributed by atoms with Gasteiger partial charge in [0.15, 0.2) is 6.61 Å². The monoisotopic (exact) mass is 511 g/mol. The lowest BCUT2D eigenvalue weighted by atomic mass is 9.95. The van der Waals surface area contributed by atoms with E-state index in [0.717, 1.165) is 5.56 Å². The number of hydrogen-bond donors (Lipinski definition) is 3. The van der Waals surface area contributed by atoms with E-state index in [2.05, 4.69) is 15.6 Å². The third-order valence-electron chi connectivity index (χ3n) is 5.05. The van der Waals surface area contributed by atoms with Crippen molar-refractivity contribution >= 4 is 46.1 Å². The molecule has 0 aliphatic rings. The minimum Gasteiger partial charge on any atom is -0.483 e. The third kappa shape index (κ3) is 6.36. The number of ether oxygens (including phenoxy) is 1. The van der Waals surface area contributed by atoms with Crippen molar-refractivity contribution in [2.45, 2.75) is 33.5 Å². The maximum absolute atomic E-state index is 12.6. The number of nitrogens with one attached hydrogen (secondary N) is 2. The lowest BCUT2D eigenvalue weighted by molar-refractivity contribution is -0.153. The summed E-state index contributed by atoms with van der Waals surface area (Å²) in [5.74, 6) is -1.05. The molecule has 0 radical (unpaired) electrons. The van der Waals surface area contributed by atoms with Crippen LogP contribution >= 0.6 is 11.6 Å². The molecular formula is C23H25ClF3N5O3. The van der Waals surface area contributed by atoms with Crippen LogP contribution in [0.5, 0.6) is 5.75 Å². The number of aromatic nitrogens is 2. The quantitative estimate of drug-likeness (QED) is 0.427. The van der Waals surface area contributed by atoms with Crippen molar-refractivity contribution in [3.63, 3.8) is 0 Å². The van der Waals surface area contributed by atoms with Gasteiger partial charge in [0, 0.05) is 25.1 Å². The number of primary amides is 1. The van der Waals surface area contributed by atoms with Gasteiger partial charge in [-0.2, -0.15) is 13.2 Å². The molecule has 2 aromatic carbocycles. The average Bonchev–Trinajstić information content (AvgIpc) is 3.05. The lowest BCUT2D eigenvalue weighted by Crippen LogP contribution is -2.34. The van der Waals surface area contributed by atoms with Gasteiger partial charge in [0.1, 0.15) is 5.75 Å². The largest absolute Gasteiger partial charge is 0.483 e. The van der Waals surface area contributed by atoms with E-state index in [1.165, 1.54) is 12.1 Å². The van der Waals surface area contributed by atoms with Crippen molar-refractivity contribution in [1.82, 2.24) is 14.9 Å². The number of nitrogens with two attached hydrogens (primary N) is 1. The minimum atomic E-state index is -4.59. The predicted molar refractivity (Wildman–Crippen MR) is 127 cm³/mol. The molecule has 35 heavy (non-hydrogen) atoms. The first-order valence-electron chi connectivity index (χ1n) is 10.5. The highest BCUT2D eigenvalue weighted by molar-refractivity contribution is 6.33. The zero-order valence-electron chi connectivity index (χ0n) is 19.5. The number of nitrogens with zero attached hydrogens (tertiary/aromatic N) is 2. The normalized spacial score (nSPS) is 12.0.